The van der Waals surface area contributed by atoms with E-state index in [2.05, 4.69) is 21.2 Å². The molecular formula is C13H6BrCl3FNO. The Morgan fingerprint density at radius 1 is 1.10 bits per heavy atom. The van der Waals surface area contributed by atoms with Crippen LogP contribution < -0.4 is 5.32 Å². The van der Waals surface area contributed by atoms with Crippen molar-refractivity contribution in [1.29, 1.82) is 0 Å². The van der Waals surface area contributed by atoms with Crippen LogP contribution in [0.4, 0.5) is 10.1 Å². The molecule has 2 nitrogen and oxygen atoms in total. The fourth-order valence-electron chi connectivity index (χ4n) is 1.51. The van der Waals surface area contributed by atoms with Crippen molar-refractivity contribution in [2.45, 2.75) is 0 Å². The summed E-state index contributed by atoms with van der Waals surface area (Å²) in [6.45, 7) is 0. The lowest BCUT2D eigenvalue weighted by Crippen LogP contribution is -2.13. The summed E-state index contributed by atoms with van der Waals surface area (Å²) in [7, 11) is 0. The molecule has 0 spiro atoms. The molecule has 0 aliphatic carbocycles. The first-order valence-corrected chi connectivity index (χ1v) is 7.22. The predicted octanol–water partition coefficient (Wildman–Crippen LogP) is 5.80. The van der Waals surface area contributed by atoms with Gasteiger partial charge in [-0.15, -0.1) is 0 Å². The molecule has 2 rings (SSSR count). The Hall–Kier alpha value is -0.810. The molecule has 0 bridgehead atoms. The topological polar surface area (TPSA) is 29.1 Å². The number of benzene rings is 2. The third kappa shape index (κ3) is 3.44. The van der Waals surface area contributed by atoms with E-state index in [0.29, 0.717) is 9.50 Å². The first-order valence-electron chi connectivity index (χ1n) is 5.29. The van der Waals surface area contributed by atoms with Crippen molar-refractivity contribution >= 4 is 62.3 Å². The number of anilines is 1. The highest BCUT2D eigenvalue weighted by Gasteiger charge is 2.15. The van der Waals surface area contributed by atoms with Crippen LogP contribution in [0.25, 0.3) is 0 Å². The highest BCUT2D eigenvalue weighted by Crippen LogP contribution is 2.32. The Morgan fingerprint density at radius 3 is 2.45 bits per heavy atom. The number of carbonyl (C=O) groups is 1. The Bertz CT molecular complexity index is 670. The molecule has 1 N–H and O–H groups in total. The summed E-state index contributed by atoms with van der Waals surface area (Å²) in [5.74, 6) is -1.01. The van der Waals surface area contributed by atoms with Gasteiger partial charge in [0, 0.05) is 9.50 Å². The summed E-state index contributed by atoms with van der Waals surface area (Å²) >= 11 is 20.8. The van der Waals surface area contributed by atoms with Gasteiger partial charge in [0.25, 0.3) is 5.91 Å². The number of hydrogen-bond donors (Lipinski definition) is 1. The predicted molar refractivity (Wildman–Crippen MR) is 83.5 cm³/mol. The highest BCUT2D eigenvalue weighted by molar-refractivity contribution is 9.10. The summed E-state index contributed by atoms with van der Waals surface area (Å²) in [6, 6.07) is 6.81. The van der Waals surface area contributed by atoms with Crippen molar-refractivity contribution in [2.75, 3.05) is 5.32 Å². The lowest BCUT2D eigenvalue weighted by molar-refractivity contribution is 0.102. The van der Waals surface area contributed by atoms with Crippen molar-refractivity contribution < 1.29 is 9.18 Å². The molecule has 0 aromatic heterocycles. The molecule has 0 unspecified atom stereocenters. The third-order valence-electron chi connectivity index (χ3n) is 2.42. The van der Waals surface area contributed by atoms with Gasteiger partial charge in [-0.2, -0.15) is 0 Å². The number of rotatable bonds is 2. The van der Waals surface area contributed by atoms with E-state index in [1.165, 1.54) is 18.2 Å². The van der Waals surface area contributed by atoms with Crippen molar-refractivity contribution in [3.05, 3.63) is 61.3 Å². The van der Waals surface area contributed by atoms with Gasteiger partial charge in [0.05, 0.1) is 21.3 Å². The van der Waals surface area contributed by atoms with Crippen molar-refractivity contribution in [1.82, 2.24) is 0 Å². The smallest absolute Gasteiger partial charge is 0.257 e. The van der Waals surface area contributed by atoms with Crippen molar-refractivity contribution in [3.63, 3.8) is 0 Å². The van der Waals surface area contributed by atoms with Crippen LogP contribution in [-0.4, -0.2) is 5.91 Å². The van der Waals surface area contributed by atoms with Crippen LogP contribution in [0.3, 0.4) is 0 Å². The molecule has 104 valence electrons. The van der Waals surface area contributed by atoms with Gasteiger partial charge >= 0.3 is 0 Å². The number of hydrogen-bond acceptors (Lipinski definition) is 1. The standard InChI is InChI=1S/C13H6BrCl3FNO/c14-9-4-7(18)5-11(17)12(9)19-13(20)8-3-6(15)1-2-10(8)16/h1-5H,(H,19,20). The van der Waals surface area contributed by atoms with Crippen LogP contribution in [0.2, 0.25) is 15.1 Å². The largest absolute Gasteiger partial charge is 0.320 e. The molecule has 2 aromatic rings. The van der Waals surface area contributed by atoms with Gasteiger partial charge in [-0.3, -0.25) is 4.79 Å². The molecule has 0 saturated heterocycles. The van der Waals surface area contributed by atoms with Gasteiger partial charge in [-0.05, 0) is 46.3 Å². The first-order chi connectivity index (χ1) is 9.38. The number of halogens is 5. The minimum absolute atomic E-state index is 0.0726. The minimum atomic E-state index is -0.513. The third-order valence-corrected chi connectivity index (χ3v) is 3.91. The van der Waals surface area contributed by atoms with E-state index in [-0.39, 0.29) is 21.3 Å². The van der Waals surface area contributed by atoms with E-state index in [9.17, 15) is 9.18 Å². The molecular weight excluding hydrogens is 391 g/mol. The van der Waals surface area contributed by atoms with E-state index in [1.54, 1.807) is 6.07 Å². The molecule has 0 aliphatic rings. The quantitative estimate of drug-likeness (QED) is 0.682. The zero-order valence-electron chi connectivity index (χ0n) is 9.68. The zero-order valence-corrected chi connectivity index (χ0v) is 13.5. The molecule has 0 radical (unpaired) electrons. The van der Waals surface area contributed by atoms with Crippen LogP contribution >= 0.6 is 50.7 Å². The summed E-state index contributed by atoms with van der Waals surface area (Å²) in [5, 5.41) is 3.26. The van der Waals surface area contributed by atoms with Gasteiger partial charge in [-0.1, -0.05) is 34.8 Å². The number of carbonyl (C=O) groups excluding carboxylic acids is 1. The molecule has 0 fully saturated rings. The first kappa shape index (κ1) is 15.6. The number of nitrogens with one attached hydrogen (secondary N) is 1. The van der Waals surface area contributed by atoms with Crippen molar-refractivity contribution in [3.8, 4) is 0 Å². The zero-order chi connectivity index (χ0) is 14.9. The van der Waals surface area contributed by atoms with Gasteiger partial charge in [0.1, 0.15) is 5.82 Å². The van der Waals surface area contributed by atoms with Crippen molar-refractivity contribution in [2.24, 2.45) is 0 Å². The summed E-state index contributed by atoms with van der Waals surface area (Å²) in [4.78, 5) is 12.1. The van der Waals surface area contributed by atoms with Crippen LogP contribution in [0.1, 0.15) is 10.4 Å². The van der Waals surface area contributed by atoms with Gasteiger partial charge in [0.2, 0.25) is 0 Å². The monoisotopic (exact) mass is 395 g/mol. The lowest BCUT2D eigenvalue weighted by Gasteiger charge is -2.11. The molecule has 7 heteroatoms. The Kier molecular flexibility index (Phi) is 4.91. The van der Waals surface area contributed by atoms with E-state index in [4.69, 9.17) is 34.8 Å². The summed E-state index contributed by atoms with van der Waals surface area (Å²) < 4.78 is 13.4. The maximum atomic E-state index is 13.1. The molecule has 0 aliphatic heterocycles. The van der Waals surface area contributed by atoms with Crippen LogP contribution in [-0.2, 0) is 0 Å². The summed E-state index contributed by atoms with van der Waals surface area (Å²) in [5.41, 5.74) is 0.459. The second-order valence-electron chi connectivity index (χ2n) is 3.82. The Labute approximate surface area is 138 Å². The van der Waals surface area contributed by atoms with Crippen LogP contribution in [0, 0.1) is 5.82 Å². The average Bonchev–Trinajstić information content (AvgIpc) is 2.36. The number of amides is 1. The summed E-state index contributed by atoms with van der Waals surface area (Å²) in [6.07, 6.45) is 0. The molecule has 0 atom stereocenters. The molecule has 2 aromatic carbocycles. The van der Waals surface area contributed by atoms with Gasteiger partial charge in [0.15, 0.2) is 0 Å². The van der Waals surface area contributed by atoms with E-state index in [0.717, 1.165) is 6.07 Å². The fraction of sp³-hybridized carbons (Fsp3) is 0. The van der Waals surface area contributed by atoms with Crippen LogP contribution in [0.15, 0.2) is 34.8 Å². The van der Waals surface area contributed by atoms with Gasteiger partial charge in [-0.25, -0.2) is 4.39 Å². The molecule has 0 saturated carbocycles. The van der Waals surface area contributed by atoms with Crippen LogP contribution in [0.5, 0.6) is 0 Å². The SMILES string of the molecule is O=C(Nc1c(Cl)cc(F)cc1Br)c1cc(Cl)ccc1Cl. The second-order valence-corrected chi connectivity index (χ2v) is 5.93. The molecule has 1 amide bonds. The average molecular weight is 397 g/mol. The maximum absolute atomic E-state index is 13.1. The van der Waals surface area contributed by atoms with E-state index in [1.807, 2.05) is 0 Å². The van der Waals surface area contributed by atoms with E-state index < -0.39 is 11.7 Å². The lowest BCUT2D eigenvalue weighted by atomic mass is 10.2. The minimum Gasteiger partial charge on any atom is -0.320 e. The van der Waals surface area contributed by atoms with Gasteiger partial charge < -0.3 is 5.32 Å². The Morgan fingerprint density at radius 2 is 1.80 bits per heavy atom. The van der Waals surface area contributed by atoms with E-state index >= 15 is 0 Å². The normalized spacial score (nSPS) is 10.4. The highest BCUT2D eigenvalue weighted by atomic mass is 79.9. The molecule has 20 heavy (non-hydrogen) atoms. The maximum Gasteiger partial charge on any atom is 0.257 e. The Balaban J connectivity index is 2.35. The fourth-order valence-corrected chi connectivity index (χ4v) is 2.79. The second kappa shape index (κ2) is 6.31. The molecule has 0 heterocycles.